The highest BCUT2D eigenvalue weighted by Gasteiger charge is 2.19. The molecule has 1 aromatic heterocycles. The van der Waals surface area contributed by atoms with Gasteiger partial charge in [0.15, 0.2) is 0 Å². The summed E-state index contributed by atoms with van der Waals surface area (Å²) >= 11 is 0. The smallest absolute Gasteiger partial charge is 0.313 e. The average molecular weight is 220 g/mol. The van der Waals surface area contributed by atoms with Crippen LogP contribution < -0.4 is 4.74 Å². The molecule has 0 aliphatic heterocycles. The molecule has 0 amide bonds. The van der Waals surface area contributed by atoms with Crippen LogP contribution in [0.2, 0.25) is 0 Å². The number of nitro groups is 1. The lowest BCUT2D eigenvalue weighted by atomic mass is 10.2. The van der Waals surface area contributed by atoms with E-state index < -0.39 is 4.92 Å². The molecule has 1 heterocycles. The molecule has 0 radical (unpaired) electrons. The molecule has 1 aromatic carbocycles. The van der Waals surface area contributed by atoms with Gasteiger partial charge in [-0.25, -0.2) is 9.67 Å². The normalized spacial score (nSPS) is 10.1. The second-order valence-electron chi connectivity index (χ2n) is 2.93. The fourth-order valence-corrected chi connectivity index (χ4v) is 1.38. The van der Waals surface area contributed by atoms with E-state index in [0.29, 0.717) is 5.69 Å². The van der Waals surface area contributed by atoms with Gasteiger partial charge in [0.1, 0.15) is 18.3 Å². The van der Waals surface area contributed by atoms with Crippen molar-refractivity contribution in [2.45, 2.75) is 0 Å². The van der Waals surface area contributed by atoms with Gasteiger partial charge in [-0.05, 0) is 6.07 Å². The summed E-state index contributed by atoms with van der Waals surface area (Å²) in [5, 5.41) is 14.7. The van der Waals surface area contributed by atoms with Crippen molar-refractivity contribution in [3.05, 3.63) is 41.0 Å². The lowest BCUT2D eigenvalue weighted by Gasteiger charge is -2.07. The third kappa shape index (κ3) is 1.58. The fourth-order valence-electron chi connectivity index (χ4n) is 1.38. The Morgan fingerprint density at radius 1 is 1.50 bits per heavy atom. The molecular formula is C9H8N4O3. The Morgan fingerprint density at radius 2 is 2.31 bits per heavy atom. The largest absolute Gasteiger partial charge is 0.489 e. The van der Waals surface area contributed by atoms with Gasteiger partial charge in [-0.1, -0.05) is 6.07 Å². The number of methoxy groups -OCH3 is 1. The van der Waals surface area contributed by atoms with Gasteiger partial charge in [0, 0.05) is 6.07 Å². The van der Waals surface area contributed by atoms with Crippen molar-refractivity contribution >= 4 is 5.69 Å². The first-order valence-electron chi connectivity index (χ1n) is 4.40. The minimum Gasteiger partial charge on any atom is -0.489 e. The molecule has 0 spiro atoms. The number of aromatic nitrogens is 3. The van der Waals surface area contributed by atoms with Crippen LogP contribution in [0.3, 0.4) is 0 Å². The van der Waals surface area contributed by atoms with Crippen LogP contribution in [0.25, 0.3) is 5.69 Å². The van der Waals surface area contributed by atoms with E-state index >= 15 is 0 Å². The summed E-state index contributed by atoms with van der Waals surface area (Å²) < 4.78 is 6.44. The van der Waals surface area contributed by atoms with Crippen molar-refractivity contribution in [3.63, 3.8) is 0 Å². The lowest BCUT2D eigenvalue weighted by Crippen LogP contribution is -2.01. The average Bonchev–Trinajstić information content (AvgIpc) is 2.81. The van der Waals surface area contributed by atoms with Gasteiger partial charge in [-0.2, -0.15) is 5.10 Å². The van der Waals surface area contributed by atoms with Crippen LogP contribution in [-0.2, 0) is 0 Å². The second-order valence-corrected chi connectivity index (χ2v) is 2.93. The molecular weight excluding hydrogens is 212 g/mol. The third-order valence-corrected chi connectivity index (χ3v) is 2.04. The number of para-hydroxylation sites is 1. The molecule has 0 saturated carbocycles. The summed E-state index contributed by atoms with van der Waals surface area (Å²) in [5.74, 6) is 0.165. The van der Waals surface area contributed by atoms with Crippen molar-refractivity contribution in [3.8, 4) is 11.4 Å². The molecule has 0 bridgehead atoms. The first-order valence-corrected chi connectivity index (χ1v) is 4.40. The highest BCUT2D eigenvalue weighted by atomic mass is 16.6. The topological polar surface area (TPSA) is 83.1 Å². The van der Waals surface area contributed by atoms with Crippen molar-refractivity contribution in [2.75, 3.05) is 7.11 Å². The summed E-state index contributed by atoms with van der Waals surface area (Å²) in [7, 11) is 1.38. The Balaban J connectivity index is 2.62. The van der Waals surface area contributed by atoms with Gasteiger partial charge in [-0.15, -0.1) is 0 Å². The molecule has 2 rings (SSSR count). The van der Waals surface area contributed by atoms with Gasteiger partial charge in [0.2, 0.25) is 5.75 Å². The fraction of sp³-hybridized carbons (Fsp3) is 0.111. The highest BCUT2D eigenvalue weighted by Crippen LogP contribution is 2.32. The van der Waals surface area contributed by atoms with Crippen LogP contribution in [-0.4, -0.2) is 26.8 Å². The van der Waals surface area contributed by atoms with Crippen LogP contribution in [0.5, 0.6) is 5.75 Å². The molecule has 0 aliphatic rings. The van der Waals surface area contributed by atoms with Crippen LogP contribution >= 0.6 is 0 Å². The molecule has 0 unspecified atom stereocenters. The Bertz CT molecular complexity index is 509. The summed E-state index contributed by atoms with van der Waals surface area (Å²) in [6, 6.07) is 4.61. The molecule has 2 aromatic rings. The molecule has 7 nitrogen and oxygen atoms in total. The maximum Gasteiger partial charge on any atom is 0.313 e. The third-order valence-electron chi connectivity index (χ3n) is 2.04. The molecule has 0 aliphatic carbocycles. The Hall–Kier alpha value is -2.44. The maximum atomic E-state index is 10.8. The van der Waals surface area contributed by atoms with Gasteiger partial charge < -0.3 is 4.74 Å². The van der Waals surface area contributed by atoms with Crippen molar-refractivity contribution in [1.29, 1.82) is 0 Å². The summed E-state index contributed by atoms with van der Waals surface area (Å²) in [6.45, 7) is 0. The SMILES string of the molecule is COc1c(-n2cncn2)cccc1[N+](=O)[O-]. The summed E-state index contributed by atoms with van der Waals surface area (Å²) in [4.78, 5) is 14.1. The van der Waals surface area contributed by atoms with Crippen molar-refractivity contribution in [2.24, 2.45) is 0 Å². The maximum absolute atomic E-state index is 10.8. The van der Waals surface area contributed by atoms with E-state index in [-0.39, 0.29) is 11.4 Å². The zero-order chi connectivity index (χ0) is 11.5. The van der Waals surface area contributed by atoms with Gasteiger partial charge >= 0.3 is 5.69 Å². The monoisotopic (exact) mass is 220 g/mol. The zero-order valence-electron chi connectivity index (χ0n) is 8.40. The number of benzene rings is 1. The molecule has 0 fully saturated rings. The zero-order valence-corrected chi connectivity index (χ0v) is 8.40. The quantitative estimate of drug-likeness (QED) is 0.573. The van der Waals surface area contributed by atoms with Crippen LogP contribution in [0.1, 0.15) is 0 Å². The second kappa shape index (κ2) is 3.97. The molecule has 7 heteroatoms. The van der Waals surface area contributed by atoms with Gasteiger partial charge in [-0.3, -0.25) is 10.1 Å². The Kier molecular flexibility index (Phi) is 2.50. The van der Waals surface area contributed by atoms with Gasteiger partial charge in [0.25, 0.3) is 0 Å². The minimum absolute atomic E-state index is 0.101. The van der Waals surface area contributed by atoms with E-state index in [1.807, 2.05) is 0 Å². The number of nitro benzene ring substituents is 1. The van der Waals surface area contributed by atoms with Crippen LogP contribution in [0, 0.1) is 10.1 Å². The number of rotatable bonds is 3. The van der Waals surface area contributed by atoms with E-state index in [4.69, 9.17) is 4.74 Å². The molecule has 0 atom stereocenters. The van der Waals surface area contributed by atoms with Crippen LogP contribution in [0.15, 0.2) is 30.9 Å². The number of hydrogen-bond donors (Lipinski definition) is 0. The standard InChI is InChI=1S/C9H8N4O3/c1-16-9-7(12-6-10-5-11-12)3-2-4-8(9)13(14)15/h2-6H,1H3. The van der Waals surface area contributed by atoms with E-state index in [1.54, 1.807) is 12.1 Å². The predicted molar refractivity (Wildman–Crippen MR) is 54.6 cm³/mol. The predicted octanol–water partition coefficient (Wildman–Crippen LogP) is 1.18. The first-order chi connectivity index (χ1) is 7.74. The van der Waals surface area contributed by atoms with E-state index in [0.717, 1.165) is 0 Å². The highest BCUT2D eigenvalue weighted by molar-refractivity contribution is 5.59. The minimum atomic E-state index is -0.501. The summed E-state index contributed by atoms with van der Waals surface area (Å²) in [5.41, 5.74) is 0.379. The van der Waals surface area contributed by atoms with E-state index in [9.17, 15) is 10.1 Å². The molecule has 0 saturated heterocycles. The number of nitrogens with zero attached hydrogens (tertiary/aromatic N) is 4. The first kappa shape index (κ1) is 10.1. The summed E-state index contributed by atoms with van der Waals surface area (Å²) in [6.07, 6.45) is 2.79. The molecule has 16 heavy (non-hydrogen) atoms. The van der Waals surface area contributed by atoms with E-state index in [2.05, 4.69) is 10.1 Å². The molecule has 0 N–H and O–H groups in total. The van der Waals surface area contributed by atoms with E-state index in [1.165, 1.54) is 30.5 Å². The van der Waals surface area contributed by atoms with Crippen molar-refractivity contribution in [1.82, 2.24) is 14.8 Å². The van der Waals surface area contributed by atoms with Crippen LogP contribution in [0.4, 0.5) is 5.69 Å². The van der Waals surface area contributed by atoms with Gasteiger partial charge in [0.05, 0.1) is 12.0 Å². The number of hydrogen-bond acceptors (Lipinski definition) is 5. The Morgan fingerprint density at radius 3 is 2.88 bits per heavy atom. The number of ether oxygens (including phenoxy) is 1. The van der Waals surface area contributed by atoms with Crippen molar-refractivity contribution < 1.29 is 9.66 Å². The molecule has 82 valence electrons. The lowest BCUT2D eigenvalue weighted by molar-refractivity contribution is -0.385. The Labute approximate surface area is 90.4 Å².